The first-order chi connectivity index (χ1) is 16.1. The Morgan fingerprint density at radius 3 is 2.34 bits per heavy atom. The van der Waals surface area contributed by atoms with Gasteiger partial charge in [0.2, 0.25) is 5.91 Å². The van der Waals surface area contributed by atoms with Crippen LogP contribution in [0.15, 0.2) is 23.1 Å². The second kappa shape index (κ2) is 11.0. The molecule has 2 aliphatic rings. The second-order valence-electron chi connectivity index (χ2n) is 8.04. The summed E-state index contributed by atoms with van der Waals surface area (Å²) in [5.41, 5.74) is 6.39. The number of alkyl halides is 3. The van der Waals surface area contributed by atoms with Crippen LogP contribution in [0.5, 0.6) is 11.5 Å². The van der Waals surface area contributed by atoms with Gasteiger partial charge in [-0.15, -0.1) is 0 Å². The molecule has 1 aromatic carbocycles. The summed E-state index contributed by atoms with van der Waals surface area (Å²) in [6, 6.07) is 4.61. The maximum Gasteiger partial charge on any atom is 0.490 e. The molecular formula is C21H24F3N3O7S. The number of hydrogen-bond acceptors (Lipinski definition) is 8. The number of carboxylic acid groups (broad SMARTS) is 1. The molecule has 3 rings (SSSR count). The highest BCUT2D eigenvalue weighted by Crippen LogP contribution is 2.34. The van der Waals surface area contributed by atoms with E-state index in [9.17, 15) is 32.7 Å². The molecule has 35 heavy (non-hydrogen) atoms. The van der Waals surface area contributed by atoms with E-state index < -0.39 is 23.3 Å². The molecule has 2 saturated heterocycles. The third-order valence-corrected chi connectivity index (χ3v) is 6.08. The van der Waals surface area contributed by atoms with Crippen LogP contribution in [0, 0.1) is 0 Å². The minimum atomic E-state index is -5.08. The molecule has 2 aliphatic heterocycles. The highest BCUT2D eigenvalue weighted by Gasteiger charge is 2.39. The summed E-state index contributed by atoms with van der Waals surface area (Å²) in [6.07, 6.45) is -2.18. The molecule has 2 heterocycles. The van der Waals surface area contributed by atoms with Gasteiger partial charge in [0, 0.05) is 18.6 Å². The van der Waals surface area contributed by atoms with E-state index >= 15 is 0 Å². The number of ether oxygens (including phenoxy) is 1. The molecule has 0 bridgehead atoms. The number of piperidine rings is 1. The second-order valence-corrected chi connectivity index (χ2v) is 9.03. The molecule has 0 saturated carbocycles. The zero-order valence-electron chi connectivity index (χ0n) is 18.8. The fourth-order valence-electron chi connectivity index (χ4n) is 3.07. The van der Waals surface area contributed by atoms with Gasteiger partial charge in [-0.05, 0) is 55.3 Å². The Balaban J connectivity index is 0.000000540. The molecule has 0 unspecified atom stereocenters. The Morgan fingerprint density at radius 2 is 1.83 bits per heavy atom. The van der Waals surface area contributed by atoms with Crippen LogP contribution < -0.4 is 10.5 Å². The van der Waals surface area contributed by atoms with Gasteiger partial charge in [-0.1, -0.05) is 6.07 Å². The molecule has 0 radical (unpaired) electrons. The first-order valence-corrected chi connectivity index (χ1v) is 11.0. The van der Waals surface area contributed by atoms with Gasteiger partial charge in [-0.2, -0.15) is 13.2 Å². The third-order valence-electron chi connectivity index (χ3n) is 5.17. The number of likely N-dealkylation sites (tertiary alicyclic amines) is 1. The van der Waals surface area contributed by atoms with Crippen LogP contribution in [0.3, 0.4) is 0 Å². The first-order valence-electron chi connectivity index (χ1n) is 10.1. The SMILES string of the molecule is COc1cc(C=C2SC(=O)N(CC(=O)N3CCC(C)(N)CC3)C2=O)ccc1O.O=C(O)C(F)(F)F. The van der Waals surface area contributed by atoms with Crippen molar-refractivity contribution in [3.63, 3.8) is 0 Å². The van der Waals surface area contributed by atoms with Crippen LogP contribution in [0.1, 0.15) is 25.3 Å². The van der Waals surface area contributed by atoms with Gasteiger partial charge < -0.3 is 25.6 Å². The van der Waals surface area contributed by atoms with Crippen molar-refractivity contribution in [2.75, 3.05) is 26.7 Å². The lowest BCUT2D eigenvalue weighted by molar-refractivity contribution is -0.192. The van der Waals surface area contributed by atoms with Crippen LogP contribution in [0.2, 0.25) is 0 Å². The quantitative estimate of drug-likeness (QED) is 0.510. The molecule has 2 fully saturated rings. The molecule has 0 spiro atoms. The number of carbonyl (C=O) groups excluding carboxylic acids is 3. The highest BCUT2D eigenvalue weighted by molar-refractivity contribution is 8.18. The van der Waals surface area contributed by atoms with Crippen molar-refractivity contribution >= 4 is 40.9 Å². The number of aromatic hydroxyl groups is 1. The number of imide groups is 1. The van der Waals surface area contributed by atoms with Gasteiger partial charge in [0.15, 0.2) is 11.5 Å². The van der Waals surface area contributed by atoms with Crippen molar-refractivity contribution in [2.24, 2.45) is 5.73 Å². The minimum absolute atomic E-state index is 0.0199. The van der Waals surface area contributed by atoms with Crippen molar-refractivity contribution in [3.05, 3.63) is 28.7 Å². The number of amides is 3. The Labute approximate surface area is 202 Å². The minimum Gasteiger partial charge on any atom is -0.504 e. The summed E-state index contributed by atoms with van der Waals surface area (Å²) in [6.45, 7) is 2.72. The number of benzene rings is 1. The zero-order chi connectivity index (χ0) is 26.6. The summed E-state index contributed by atoms with van der Waals surface area (Å²) >= 11 is 0.787. The van der Waals surface area contributed by atoms with Crippen molar-refractivity contribution < 1.29 is 47.3 Å². The number of hydrogen-bond donors (Lipinski definition) is 3. The van der Waals surface area contributed by atoms with Crippen molar-refractivity contribution in [3.8, 4) is 11.5 Å². The number of thioether (sulfide) groups is 1. The summed E-state index contributed by atoms with van der Waals surface area (Å²) in [7, 11) is 1.42. The van der Waals surface area contributed by atoms with Crippen LogP contribution in [0.4, 0.5) is 18.0 Å². The van der Waals surface area contributed by atoms with Crippen molar-refractivity contribution in [1.29, 1.82) is 0 Å². The van der Waals surface area contributed by atoms with E-state index in [1.165, 1.54) is 19.3 Å². The van der Waals surface area contributed by atoms with Crippen LogP contribution in [-0.2, 0) is 14.4 Å². The number of aliphatic carboxylic acids is 1. The van der Waals surface area contributed by atoms with E-state index in [0.29, 0.717) is 31.5 Å². The maximum absolute atomic E-state index is 12.6. The summed E-state index contributed by atoms with van der Waals surface area (Å²) in [4.78, 5) is 49.1. The number of halogens is 3. The number of nitrogens with two attached hydrogens (primary N) is 1. The lowest BCUT2D eigenvalue weighted by atomic mass is 9.91. The number of carboxylic acids is 1. The van der Waals surface area contributed by atoms with E-state index in [0.717, 1.165) is 16.7 Å². The van der Waals surface area contributed by atoms with E-state index in [-0.39, 0.29) is 34.4 Å². The third kappa shape index (κ3) is 7.62. The molecule has 4 N–H and O–H groups in total. The number of phenolic OH excluding ortho intramolecular Hbond substituents is 1. The molecule has 0 aromatic heterocycles. The van der Waals surface area contributed by atoms with E-state index in [4.69, 9.17) is 20.4 Å². The zero-order valence-corrected chi connectivity index (χ0v) is 19.6. The average molecular weight is 519 g/mol. The Hall–Kier alpha value is -3.26. The summed E-state index contributed by atoms with van der Waals surface area (Å²) in [5, 5.41) is 16.3. The molecule has 1 aromatic rings. The fourth-order valence-corrected chi connectivity index (χ4v) is 3.91. The summed E-state index contributed by atoms with van der Waals surface area (Å²) in [5.74, 6) is -3.28. The van der Waals surface area contributed by atoms with Gasteiger partial charge in [-0.25, -0.2) is 4.79 Å². The lowest BCUT2D eigenvalue weighted by Gasteiger charge is -2.37. The topological polar surface area (TPSA) is 150 Å². The van der Waals surface area contributed by atoms with Crippen LogP contribution in [0.25, 0.3) is 6.08 Å². The van der Waals surface area contributed by atoms with E-state index in [2.05, 4.69) is 0 Å². The fraction of sp³-hybridized carbons (Fsp3) is 0.429. The molecule has 3 amide bonds. The van der Waals surface area contributed by atoms with Gasteiger partial charge in [0.25, 0.3) is 11.1 Å². The highest BCUT2D eigenvalue weighted by atomic mass is 32.2. The van der Waals surface area contributed by atoms with Crippen molar-refractivity contribution in [1.82, 2.24) is 9.80 Å². The predicted octanol–water partition coefficient (Wildman–Crippen LogP) is 2.41. The van der Waals surface area contributed by atoms with E-state index in [1.54, 1.807) is 17.0 Å². The Kier molecular flexibility index (Phi) is 8.79. The molecule has 0 aliphatic carbocycles. The van der Waals surface area contributed by atoms with E-state index in [1.807, 2.05) is 6.92 Å². The first kappa shape index (κ1) is 28.0. The van der Waals surface area contributed by atoms with Gasteiger partial charge >= 0.3 is 12.1 Å². The molecular weight excluding hydrogens is 495 g/mol. The number of carbonyl (C=O) groups is 4. The van der Waals surface area contributed by atoms with Crippen molar-refractivity contribution in [2.45, 2.75) is 31.5 Å². The maximum atomic E-state index is 12.6. The number of rotatable bonds is 4. The normalized spacial score (nSPS) is 18.9. The van der Waals surface area contributed by atoms with Crippen LogP contribution in [-0.4, -0.2) is 81.5 Å². The van der Waals surface area contributed by atoms with Gasteiger partial charge in [0.05, 0.1) is 12.0 Å². The number of phenols is 1. The smallest absolute Gasteiger partial charge is 0.490 e. The molecule has 0 atom stereocenters. The molecule has 14 heteroatoms. The Morgan fingerprint density at radius 1 is 1.26 bits per heavy atom. The average Bonchev–Trinajstić information content (AvgIpc) is 3.02. The van der Waals surface area contributed by atoms with Gasteiger partial charge in [0.1, 0.15) is 6.54 Å². The lowest BCUT2D eigenvalue weighted by Crippen LogP contribution is -2.52. The monoisotopic (exact) mass is 519 g/mol. The standard InChI is InChI=1S/C19H23N3O5S.C2HF3O2/c1-19(20)5-7-21(8-6-19)16(24)11-22-17(25)15(28-18(22)26)10-12-3-4-13(23)14(9-12)27-2;3-2(4,5)1(6)7/h3-4,9-10,23H,5-8,11,20H2,1-2H3;(H,6,7). The van der Waals surface area contributed by atoms with Gasteiger partial charge in [-0.3, -0.25) is 19.3 Å². The Bertz CT molecular complexity index is 1030. The summed E-state index contributed by atoms with van der Waals surface area (Å²) < 4.78 is 36.8. The predicted molar refractivity (Wildman–Crippen MR) is 119 cm³/mol. The number of methoxy groups -OCH3 is 1. The van der Waals surface area contributed by atoms with Crippen LogP contribution >= 0.6 is 11.8 Å². The largest absolute Gasteiger partial charge is 0.504 e. The molecule has 192 valence electrons. The number of nitrogens with zero attached hydrogens (tertiary/aromatic N) is 2. The molecule has 10 nitrogen and oxygen atoms in total.